The standard InChI is InChI=1S/C26H40N2O5/c1-30-22-14-18(15-23(31-2)26(22)33-4)16-28-17-19-8-6-12-27-13-7-9-20(25(19)27)21(28)10-5-11-24(29)32-3/h14-15,19-21,25H,5-13,16-17H2,1-4H3/t19-,20-,21-,25+/m1/s1. The van der Waals surface area contributed by atoms with Gasteiger partial charge in [0.25, 0.3) is 0 Å². The van der Waals surface area contributed by atoms with Gasteiger partial charge in [-0.25, -0.2) is 0 Å². The molecule has 0 N–H and O–H groups in total. The highest BCUT2D eigenvalue weighted by atomic mass is 16.5. The molecule has 3 aliphatic heterocycles. The van der Waals surface area contributed by atoms with Gasteiger partial charge in [-0.05, 0) is 81.1 Å². The Balaban J connectivity index is 1.59. The predicted molar refractivity (Wildman–Crippen MR) is 127 cm³/mol. The quantitative estimate of drug-likeness (QED) is 0.521. The number of hydrogen-bond acceptors (Lipinski definition) is 7. The summed E-state index contributed by atoms with van der Waals surface area (Å²) in [4.78, 5) is 17.2. The lowest BCUT2D eigenvalue weighted by molar-refractivity contribution is -0.141. The third-order valence-electron chi connectivity index (χ3n) is 8.00. The van der Waals surface area contributed by atoms with E-state index in [9.17, 15) is 4.79 Å². The smallest absolute Gasteiger partial charge is 0.305 e. The molecule has 33 heavy (non-hydrogen) atoms. The van der Waals surface area contributed by atoms with Crippen LogP contribution < -0.4 is 14.2 Å². The van der Waals surface area contributed by atoms with Crippen LogP contribution in [0.15, 0.2) is 12.1 Å². The fourth-order valence-electron chi connectivity index (χ4n) is 6.68. The summed E-state index contributed by atoms with van der Waals surface area (Å²) in [6.45, 7) is 4.45. The molecule has 0 saturated carbocycles. The minimum Gasteiger partial charge on any atom is -0.493 e. The molecule has 0 unspecified atom stereocenters. The molecule has 1 aromatic rings. The van der Waals surface area contributed by atoms with Crippen LogP contribution in [0, 0.1) is 11.8 Å². The molecule has 0 radical (unpaired) electrons. The van der Waals surface area contributed by atoms with Crippen molar-refractivity contribution in [2.75, 3.05) is 48.1 Å². The van der Waals surface area contributed by atoms with Crippen LogP contribution in [0.1, 0.15) is 50.5 Å². The second-order valence-corrected chi connectivity index (χ2v) is 9.73. The Morgan fingerprint density at radius 3 is 2.33 bits per heavy atom. The van der Waals surface area contributed by atoms with Crippen LogP contribution in [0.5, 0.6) is 17.2 Å². The molecular formula is C26H40N2O5. The monoisotopic (exact) mass is 460 g/mol. The van der Waals surface area contributed by atoms with Crippen molar-refractivity contribution in [3.8, 4) is 17.2 Å². The first-order valence-corrected chi connectivity index (χ1v) is 12.4. The van der Waals surface area contributed by atoms with Gasteiger partial charge < -0.3 is 18.9 Å². The van der Waals surface area contributed by atoms with E-state index in [-0.39, 0.29) is 5.97 Å². The van der Waals surface area contributed by atoms with Crippen LogP contribution in [-0.4, -0.2) is 75.9 Å². The van der Waals surface area contributed by atoms with Gasteiger partial charge in [-0.15, -0.1) is 0 Å². The number of methoxy groups -OCH3 is 4. The molecule has 3 heterocycles. The van der Waals surface area contributed by atoms with E-state index in [1.165, 1.54) is 51.4 Å². The summed E-state index contributed by atoms with van der Waals surface area (Å²) in [6.07, 6.45) is 7.58. The molecule has 184 valence electrons. The van der Waals surface area contributed by atoms with Gasteiger partial charge in [0.15, 0.2) is 11.5 Å². The average molecular weight is 461 g/mol. The number of rotatable bonds is 9. The number of carbonyl (C=O) groups excluding carboxylic acids is 1. The fraction of sp³-hybridized carbons (Fsp3) is 0.731. The molecule has 1 aromatic carbocycles. The first-order chi connectivity index (χ1) is 16.1. The van der Waals surface area contributed by atoms with E-state index in [2.05, 4.69) is 21.9 Å². The van der Waals surface area contributed by atoms with Crippen molar-refractivity contribution in [2.45, 2.75) is 63.6 Å². The van der Waals surface area contributed by atoms with Crippen molar-refractivity contribution in [2.24, 2.45) is 11.8 Å². The van der Waals surface area contributed by atoms with Crippen molar-refractivity contribution in [1.82, 2.24) is 9.80 Å². The molecule has 4 rings (SSSR count). The largest absolute Gasteiger partial charge is 0.493 e. The number of carbonyl (C=O) groups is 1. The molecule has 7 heteroatoms. The predicted octanol–water partition coefficient (Wildman–Crippen LogP) is 3.73. The van der Waals surface area contributed by atoms with E-state index in [1.807, 2.05) is 0 Å². The lowest BCUT2D eigenvalue weighted by atomic mass is 9.69. The normalized spacial score (nSPS) is 27.5. The molecule has 3 aliphatic rings. The van der Waals surface area contributed by atoms with E-state index >= 15 is 0 Å². The Morgan fingerprint density at radius 1 is 1.00 bits per heavy atom. The van der Waals surface area contributed by atoms with E-state index in [4.69, 9.17) is 18.9 Å². The lowest BCUT2D eigenvalue weighted by Crippen LogP contribution is -2.64. The van der Waals surface area contributed by atoms with Crippen LogP contribution in [0.25, 0.3) is 0 Å². The average Bonchev–Trinajstić information content (AvgIpc) is 2.85. The Kier molecular flexibility index (Phi) is 8.02. The summed E-state index contributed by atoms with van der Waals surface area (Å²) in [7, 11) is 6.45. The highest BCUT2D eigenvalue weighted by Crippen LogP contribution is 2.45. The third kappa shape index (κ3) is 5.09. The number of ether oxygens (including phenoxy) is 4. The first-order valence-electron chi connectivity index (χ1n) is 12.4. The second kappa shape index (κ2) is 11.0. The molecule has 0 bridgehead atoms. The van der Waals surface area contributed by atoms with Crippen LogP contribution in [0.3, 0.4) is 0 Å². The number of piperidine rings is 3. The van der Waals surface area contributed by atoms with Gasteiger partial charge in [0.05, 0.1) is 28.4 Å². The Labute approximate surface area is 198 Å². The van der Waals surface area contributed by atoms with E-state index in [0.29, 0.717) is 41.7 Å². The van der Waals surface area contributed by atoms with Crippen molar-refractivity contribution in [1.29, 1.82) is 0 Å². The Bertz CT molecular complexity index is 789. The maximum Gasteiger partial charge on any atom is 0.305 e. The van der Waals surface area contributed by atoms with Gasteiger partial charge in [0.1, 0.15) is 0 Å². The van der Waals surface area contributed by atoms with Crippen molar-refractivity contribution >= 4 is 5.97 Å². The zero-order valence-corrected chi connectivity index (χ0v) is 20.7. The van der Waals surface area contributed by atoms with Gasteiger partial charge in [0.2, 0.25) is 5.75 Å². The maximum absolute atomic E-state index is 11.8. The summed E-state index contributed by atoms with van der Waals surface area (Å²) in [5.41, 5.74) is 1.17. The van der Waals surface area contributed by atoms with E-state index < -0.39 is 0 Å². The molecular weight excluding hydrogens is 420 g/mol. The zero-order valence-electron chi connectivity index (χ0n) is 20.7. The Hall–Kier alpha value is -1.99. The molecule has 0 aliphatic carbocycles. The summed E-state index contributed by atoms with van der Waals surface area (Å²) in [5, 5.41) is 0. The van der Waals surface area contributed by atoms with Crippen molar-refractivity contribution in [3.05, 3.63) is 17.7 Å². The minimum atomic E-state index is -0.109. The third-order valence-corrected chi connectivity index (χ3v) is 8.00. The molecule has 0 spiro atoms. The SMILES string of the molecule is COC(=O)CCC[C@@H]1[C@H]2CCCN3CCC[C@H](CN1Cc1cc(OC)c(OC)c(OC)c1)[C@@H]23. The zero-order chi connectivity index (χ0) is 23.4. The maximum atomic E-state index is 11.8. The number of nitrogens with zero attached hydrogens (tertiary/aromatic N) is 2. The Morgan fingerprint density at radius 2 is 1.70 bits per heavy atom. The van der Waals surface area contributed by atoms with Gasteiger partial charge in [-0.3, -0.25) is 14.6 Å². The van der Waals surface area contributed by atoms with Crippen LogP contribution in [-0.2, 0) is 16.1 Å². The van der Waals surface area contributed by atoms with Crippen molar-refractivity contribution < 1.29 is 23.7 Å². The lowest BCUT2D eigenvalue weighted by Gasteiger charge is -2.57. The van der Waals surface area contributed by atoms with Gasteiger partial charge in [0, 0.05) is 31.6 Å². The number of likely N-dealkylation sites (tertiary alicyclic amines) is 1. The van der Waals surface area contributed by atoms with E-state index in [0.717, 1.165) is 31.8 Å². The van der Waals surface area contributed by atoms with Gasteiger partial charge in [-0.2, -0.15) is 0 Å². The minimum absolute atomic E-state index is 0.109. The summed E-state index contributed by atoms with van der Waals surface area (Å²) in [6, 6.07) is 5.32. The van der Waals surface area contributed by atoms with Gasteiger partial charge in [-0.1, -0.05) is 0 Å². The number of esters is 1. The topological polar surface area (TPSA) is 60.5 Å². The van der Waals surface area contributed by atoms with Crippen LogP contribution in [0.4, 0.5) is 0 Å². The van der Waals surface area contributed by atoms with E-state index in [1.54, 1.807) is 21.3 Å². The summed E-state index contributed by atoms with van der Waals surface area (Å²) < 4.78 is 21.6. The van der Waals surface area contributed by atoms with Crippen LogP contribution >= 0.6 is 0 Å². The molecule has 4 atom stereocenters. The summed E-state index contributed by atoms with van der Waals surface area (Å²) >= 11 is 0. The molecule has 0 aromatic heterocycles. The fourth-order valence-corrected chi connectivity index (χ4v) is 6.68. The number of hydrogen-bond donors (Lipinski definition) is 0. The first kappa shape index (κ1) is 24.1. The molecule has 3 fully saturated rings. The molecule has 0 amide bonds. The number of benzene rings is 1. The molecule has 3 saturated heterocycles. The van der Waals surface area contributed by atoms with Crippen molar-refractivity contribution in [3.63, 3.8) is 0 Å². The highest BCUT2D eigenvalue weighted by molar-refractivity contribution is 5.69. The summed E-state index contributed by atoms with van der Waals surface area (Å²) in [5.74, 6) is 3.31. The highest BCUT2D eigenvalue weighted by Gasteiger charge is 2.48. The second-order valence-electron chi connectivity index (χ2n) is 9.73. The van der Waals surface area contributed by atoms with Gasteiger partial charge >= 0.3 is 5.97 Å². The molecule has 7 nitrogen and oxygen atoms in total. The van der Waals surface area contributed by atoms with Crippen LogP contribution in [0.2, 0.25) is 0 Å².